The molecular weight excluding hydrogens is 260 g/mol. The van der Waals surface area contributed by atoms with E-state index in [1.807, 2.05) is 6.26 Å². The molecule has 0 aliphatic heterocycles. The maximum absolute atomic E-state index is 5.77. The molecule has 2 rings (SSSR count). The van der Waals surface area contributed by atoms with Crippen molar-refractivity contribution in [3.63, 3.8) is 0 Å². The number of furan rings is 1. The molecule has 1 saturated carbocycles. The van der Waals surface area contributed by atoms with Crippen LogP contribution in [0.2, 0.25) is 0 Å². The van der Waals surface area contributed by atoms with Crippen molar-refractivity contribution in [2.24, 2.45) is 0 Å². The van der Waals surface area contributed by atoms with E-state index in [-0.39, 0.29) is 5.54 Å². The highest BCUT2D eigenvalue weighted by molar-refractivity contribution is 5.13. The van der Waals surface area contributed by atoms with E-state index in [0.29, 0.717) is 0 Å². The maximum Gasteiger partial charge on any atom is 0.118 e. The second-order valence-electron chi connectivity index (χ2n) is 7.38. The number of hydrogen-bond donors (Lipinski definition) is 1. The van der Waals surface area contributed by atoms with Crippen LogP contribution in [-0.4, -0.2) is 23.0 Å². The molecule has 0 aromatic carbocycles. The minimum atomic E-state index is 0.148. The molecule has 1 aromatic rings. The van der Waals surface area contributed by atoms with E-state index in [9.17, 15) is 0 Å². The molecule has 0 spiro atoms. The molecule has 0 amide bonds. The molecule has 1 aliphatic rings. The van der Waals surface area contributed by atoms with Gasteiger partial charge in [0.2, 0.25) is 0 Å². The molecule has 3 heteroatoms. The molecule has 0 unspecified atom stereocenters. The molecule has 120 valence electrons. The van der Waals surface area contributed by atoms with Crippen LogP contribution in [0.1, 0.15) is 71.1 Å². The van der Waals surface area contributed by atoms with Crippen LogP contribution in [0.5, 0.6) is 0 Å². The van der Waals surface area contributed by atoms with Gasteiger partial charge in [0.15, 0.2) is 0 Å². The fraction of sp³-hybridized carbons (Fsp3) is 0.778. The van der Waals surface area contributed by atoms with E-state index < -0.39 is 0 Å². The minimum absolute atomic E-state index is 0.148. The SMILES string of the molecule is CCN(Cc1cc(CNC(C)(C)C)co1)C1CCCCC1. The Morgan fingerprint density at radius 3 is 2.57 bits per heavy atom. The van der Waals surface area contributed by atoms with Gasteiger partial charge in [0, 0.05) is 23.7 Å². The standard InChI is InChI=1S/C18H32N2O/c1-5-20(16-9-7-6-8-10-16)13-17-11-15(14-21-17)12-19-18(2,3)4/h11,14,16,19H,5-10,12-13H2,1-4H3. The molecular formula is C18H32N2O. The first-order valence-corrected chi connectivity index (χ1v) is 8.53. The summed E-state index contributed by atoms with van der Waals surface area (Å²) in [6.07, 6.45) is 8.81. The first-order valence-electron chi connectivity index (χ1n) is 8.53. The molecule has 1 aliphatic carbocycles. The summed E-state index contributed by atoms with van der Waals surface area (Å²) in [5.41, 5.74) is 1.40. The molecule has 0 saturated heterocycles. The number of hydrogen-bond acceptors (Lipinski definition) is 3. The van der Waals surface area contributed by atoms with Gasteiger partial charge in [-0.2, -0.15) is 0 Å². The Morgan fingerprint density at radius 2 is 1.95 bits per heavy atom. The first-order chi connectivity index (χ1) is 9.98. The van der Waals surface area contributed by atoms with Crippen LogP contribution >= 0.6 is 0 Å². The van der Waals surface area contributed by atoms with Gasteiger partial charge in [-0.3, -0.25) is 4.90 Å². The molecule has 0 radical (unpaired) electrons. The van der Waals surface area contributed by atoms with Crippen molar-refractivity contribution in [2.75, 3.05) is 6.54 Å². The predicted octanol–water partition coefficient (Wildman–Crippen LogP) is 4.32. The van der Waals surface area contributed by atoms with Crippen molar-refractivity contribution in [1.29, 1.82) is 0 Å². The lowest BCUT2D eigenvalue weighted by Gasteiger charge is -2.32. The highest BCUT2D eigenvalue weighted by Crippen LogP contribution is 2.24. The van der Waals surface area contributed by atoms with Crippen LogP contribution in [0, 0.1) is 0 Å². The molecule has 1 heterocycles. The summed E-state index contributed by atoms with van der Waals surface area (Å²) in [6, 6.07) is 2.97. The molecule has 1 fully saturated rings. The van der Waals surface area contributed by atoms with Crippen molar-refractivity contribution in [3.8, 4) is 0 Å². The largest absolute Gasteiger partial charge is 0.468 e. The maximum atomic E-state index is 5.77. The van der Waals surface area contributed by atoms with Gasteiger partial charge in [-0.25, -0.2) is 0 Å². The summed E-state index contributed by atoms with van der Waals surface area (Å²) in [6.45, 7) is 11.8. The third-order valence-corrected chi connectivity index (χ3v) is 4.39. The van der Waals surface area contributed by atoms with Crippen LogP contribution in [-0.2, 0) is 13.1 Å². The zero-order valence-corrected chi connectivity index (χ0v) is 14.2. The number of rotatable bonds is 6. The summed E-state index contributed by atoms with van der Waals surface area (Å²) in [4.78, 5) is 2.58. The van der Waals surface area contributed by atoms with E-state index in [4.69, 9.17) is 4.42 Å². The van der Waals surface area contributed by atoms with Crippen molar-refractivity contribution in [3.05, 3.63) is 23.7 Å². The highest BCUT2D eigenvalue weighted by atomic mass is 16.3. The van der Waals surface area contributed by atoms with E-state index in [1.165, 1.54) is 37.7 Å². The van der Waals surface area contributed by atoms with Crippen LogP contribution < -0.4 is 5.32 Å². The average molecular weight is 292 g/mol. The third kappa shape index (κ3) is 5.48. The molecule has 0 bridgehead atoms. The normalized spacial score (nSPS) is 17.6. The monoisotopic (exact) mass is 292 g/mol. The highest BCUT2D eigenvalue weighted by Gasteiger charge is 2.21. The summed E-state index contributed by atoms with van der Waals surface area (Å²) in [5.74, 6) is 1.10. The summed E-state index contributed by atoms with van der Waals surface area (Å²) in [7, 11) is 0. The van der Waals surface area contributed by atoms with Crippen LogP contribution in [0.15, 0.2) is 16.7 Å². The van der Waals surface area contributed by atoms with E-state index in [0.717, 1.165) is 31.4 Å². The lowest BCUT2D eigenvalue weighted by Crippen LogP contribution is -2.36. The van der Waals surface area contributed by atoms with Gasteiger partial charge in [-0.15, -0.1) is 0 Å². The fourth-order valence-electron chi connectivity index (χ4n) is 3.11. The second-order valence-corrected chi connectivity index (χ2v) is 7.38. The van der Waals surface area contributed by atoms with Crippen molar-refractivity contribution in [2.45, 2.75) is 84.5 Å². The number of nitrogens with one attached hydrogen (secondary N) is 1. The summed E-state index contributed by atoms with van der Waals surface area (Å²) < 4.78 is 5.77. The van der Waals surface area contributed by atoms with Gasteiger partial charge < -0.3 is 9.73 Å². The van der Waals surface area contributed by atoms with Gasteiger partial charge in [0.25, 0.3) is 0 Å². The van der Waals surface area contributed by atoms with Gasteiger partial charge in [-0.05, 0) is 46.2 Å². The van der Waals surface area contributed by atoms with Gasteiger partial charge >= 0.3 is 0 Å². The van der Waals surface area contributed by atoms with Crippen molar-refractivity contribution >= 4 is 0 Å². The minimum Gasteiger partial charge on any atom is -0.468 e. The third-order valence-electron chi connectivity index (χ3n) is 4.39. The van der Waals surface area contributed by atoms with Crippen LogP contribution in [0.25, 0.3) is 0 Å². The van der Waals surface area contributed by atoms with E-state index >= 15 is 0 Å². The van der Waals surface area contributed by atoms with Gasteiger partial charge in [0.1, 0.15) is 5.76 Å². The molecule has 1 aromatic heterocycles. The smallest absolute Gasteiger partial charge is 0.118 e. The fourth-order valence-corrected chi connectivity index (χ4v) is 3.11. The second kappa shape index (κ2) is 7.46. The average Bonchev–Trinajstić information content (AvgIpc) is 2.90. The molecule has 0 atom stereocenters. The Bertz CT molecular complexity index is 413. The van der Waals surface area contributed by atoms with Crippen LogP contribution in [0.3, 0.4) is 0 Å². The van der Waals surface area contributed by atoms with Crippen LogP contribution in [0.4, 0.5) is 0 Å². The lowest BCUT2D eigenvalue weighted by molar-refractivity contribution is 0.145. The van der Waals surface area contributed by atoms with Gasteiger partial charge in [-0.1, -0.05) is 26.2 Å². The Balaban J connectivity index is 1.87. The molecule has 3 nitrogen and oxygen atoms in total. The predicted molar refractivity (Wildman–Crippen MR) is 88.3 cm³/mol. The Hall–Kier alpha value is -0.800. The van der Waals surface area contributed by atoms with Gasteiger partial charge in [0.05, 0.1) is 12.8 Å². The number of nitrogens with zero attached hydrogens (tertiary/aromatic N) is 1. The Labute approximate surface area is 130 Å². The van der Waals surface area contributed by atoms with Crippen molar-refractivity contribution in [1.82, 2.24) is 10.2 Å². The lowest BCUT2D eigenvalue weighted by atomic mass is 9.94. The zero-order valence-electron chi connectivity index (χ0n) is 14.2. The van der Waals surface area contributed by atoms with E-state index in [2.05, 4.69) is 44.0 Å². The molecule has 21 heavy (non-hydrogen) atoms. The topological polar surface area (TPSA) is 28.4 Å². The Kier molecular flexibility index (Phi) is 5.88. The summed E-state index contributed by atoms with van der Waals surface area (Å²) >= 11 is 0. The Morgan fingerprint density at radius 1 is 1.24 bits per heavy atom. The first kappa shape index (κ1) is 16.6. The molecule has 1 N–H and O–H groups in total. The zero-order chi connectivity index (χ0) is 15.3. The quantitative estimate of drug-likeness (QED) is 0.846. The van der Waals surface area contributed by atoms with Crippen molar-refractivity contribution < 1.29 is 4.42 Å². The van der Waals surface area contributed by atoms with E-state index in [1.54, 1.807) is 0 Å². The summed E-state index contributed by atoms with van der Waals surface area (Å²) in [5, 5.41) is 3.51.